The van der Waals surface area contributed by atoms with Crippen LogP contribution in [0.5, 0.6) is 0 Å². The van der Waals surface area contributed by atoms with Crippen LogP contribution in [0.15, 0.2) is 54.6 Å². The zero-order valence-electron chi connectivity index (χ0n) is 11.3. The molecule has 100 valence electrons. The van der Waals surface area contributed by atoms with Gasteiger partial charge in [-0.05, 0) is 36.6 Å². The van der Waals surface area contributed by atoms with E-state index < -0.39 is 0 Å². The van der Waals surface area contributed by atoms with E-state index in [0.29, 0.717) is 6.04 Å². The Morgan fingerprint density at radius 3 is 2.32 bits per heavy atom. The Kier molecular flexibility index (Phi) is 5.44. The lowest BCUT2D eigenvalue weighted by Gasteiger charge is -2.18. The highest BCUT2D eigenvalue weighted by Gasteiger charge is 2.11. The first-order chi connectivity index (χ1) is 9.29. The van der Waals surface area contributed by atoms with Crippen LogP contribution in [0, 0.1) is 0 Å². The van der Waals surface area contributed by atoms with Crippen LogP contribution < -0.4 is 5.32 Å². The molecule has 19 heavy (non-hydrogen) atoms. The highest BCUT2D eigenvalue weighted by Crippen LogP contribution is 2.18. The molecule has 1 N–H and O–H groups in total. The molecule has 0 saturated carbocycles. The minimum Gasteiger partial charge on any atom is -0.314 e. The predicted octanol–water partition coefficient (Wildman–Crippen LogP) is 4.10. The van der Waals surface area contributed by atoms with Gasteiger partial charge in [0.2, 0.25) is 0 Å². The molecule has 0 heterocycles. The maximum atomic E-state index is 6.24. The number of hydrogen-bond donors (Lipinski definition) is 1. The molecule has 0 aliphatic rings. The van der Waals surface area contributed by atoms with Crippen molar-refractivity contribution in [2.24, 2.45) is 0 Å². The molecular formula is C17H20ClN. The zero-order valence-corrected chi connectivity index (χ0v) is 12.0. The number of hydrogen-bond acceptors (Lipinski definition) is 1. The number of nitrogens with one attached hydrogen (secondary N) is 1. The third-order valence-corrected chi connectivity index (χ3v) is 3.61. The Morgan fingerprint density at radius 1 is 0.947 bits per heavy atom. The summed E-state index contributed by atoms with van der Waals surface area (Å²) in [6.07, 6.45) is 1.99. The molecule has 2 heteroatoms. The summed E-state index contributed by atoms with van der Waals surface area (Å²) in [5.41, 5.74) is 2.58. The summed E-state index contributed by atoms with van der Waals surface area (Å²) in [6, 6.07) is 19.1. The number of halogens is 1. The van der Waals surface area contributed by atoms with Crippen LogP contribution in [-0.2, 0) is 12.8 Å². The second-order valence-corrected chi connectivity index (χ2v) is 5.15. The highest BCUT2D eigenvalue weighted by atomic mass is 35.5. The van der Waals surface area contributed by atoms with Crippen LogP contribution in [0.2, 0.25) is 5.02 Å². The van der Waals surface area contributed by atoms with E-state index in [4.69, 9.17) is 11.6 Å². The van der Waals surface area contributed by atoms with Gasteiger partial charge in [0.15, 0.2) is 0 Å². The quantitative estimate of drug-likeness (QED) is 0.835. The summed E-state index contributed by atoms with van der Waals surface area (Å²) in [4.78, 5) is 0. The molecule has 0 amide bonds. The summed E-state index contributed by atoms with van der Waals surface area (Å²) >= 11 is 6.24. The number of likely N-dealkylation sites (N-methyl/N-ethyl adjacent to an activating group) is 1. The van der Waals surface area contributed by atoms with Crippen LogP contribution >= 0.6 is 11.6 Å². The van der Waals surface area contributed by atoms with E-state index in [2.05, 4.69) is 48.6 Å². The van der Waals surface area contributed by atoms with Crippen molar-refractivity contribution >= 4 is 11.6 Å². The van der Waals surface area contributed by atoms with Crippen molar-refractivity contribution < 1.29 is 0 Å². The van der Waals surface area contributed by atoms with E-state index in [9.17, 15) is 0 Å². The maximum absolute atomic E-state index is 6.24. The lowest BCUT2D eigenvalue weighted by molar-refractivity contribution is 0.521. The number of rotatable bonds is 6. The molecule has 1 unspecified atom stereocenters. The topological polar surface area (TPSA) is 12.0 Å². The van der Waals surface area contributed by atoms with E-state index >= 15 is 0 Å². The van der Waals surface area contributed by atoms with Gasteiger partial charge in [0.05, 0.1) is 0 Å². The van der Waals surface area contributed by atoms with Crippen LogP contribution in [0.25, 0.3) is 0 Å². The average Bonchev–Trinajstić information content (AvgIpc) is 2.43. The first-order valence-corrected chi connectivity index (χ1v) is 7.18. The van der Waals surface area contributed by atoms with E-state index in [-0.39, 0.29) is 0 Å². The molecule has 0 aromatic heterocycles. The molecule has 2 aromatic rings. The largest absolute Gasteiger partial charge is 0.314 e. The van der Waals surface area contributed by atoms with Crippen LogP contribution in [-0.4, -0.2) is 12.6 Å². The Hall–Kier alpha value is -1.31. The van der Waals surface area contributed by atoms with Gasteiger partial charge >= 0.3 is 0 Å². The fourth-order valence-corrected chi connectivity index (χ4v) is 2.55. The fourth-order valence-electron chi connectivity index (χ4n) is 2.33. The summed E-state index contributed by atoms with van der Waals surface area (Å²) in [6.45, 7) is 3.12. The van der Waals surface area contributed by atoms with Crippen molar-refractivity contribution in [2.45, 2.75) is 25.8 Å². The van der Waals surface area contributed by atoms with E-state index in [1.807, 2.05) is 18.2 Å². The Morgan fingerprint density at radius 2 is 1.63 bits per heavy atom. The summed E-state index contributed by atoms with van der Waals surface area (Å²) in [7, 11) is 0. The lowest BCUT2D eigenvalue weighted by atomic mass is 9.99. The minimum atomic E-state index is 0.423. The molecule has 0 aliphatic carbocycles. The molecule has 0 radical (unpaired) electrons. The first kappa shape index (κ1) is 14.1. The van der Waals surface area contributed by atoms with Crippen molar-refractivity contribution in [1.29, 1.82) is 0 Å². The van der Waals surface area contributed by atoms with Gasteiger partial charge in [-0.3, -0.25) is 0 Å². The normalized spacial score (nSPS) is 12.3. The predicted molar refractivity (Wildman–Crippen MR) is 82.8 cm³/mol. The molecule has 2 rings (SSSR count). The van der Waals surface area contributed by atoms with Crippen molar-refractivity contribution in [3.05, 3.63) is 70.7 Å². The van der Waals surface area contributed by atoms with Crippen LogP contribution in [0.1, 0.15) is 18.1 Å². The Balaban J connectivity index is 2.06. The third kappa shape index (κ3) is 4.38. The molecule has 0 bridgehead atoms. The lowest BCUT2D eigenvalue weighted by Crippen LogP contribution is -2.33. The van der Waals surface area contributed by atoms with Gasteiger partial charge in [0, 0.05) is 11.1 Å². The Labute approximate surface area is 120 Å². The number of benzene rings is 2. The van der Waals surface area contributed by atoms with Crippen LogP contribution in [0.3, 0.4) is 0 Å². The van der Waals surface area contributed by atoms with Gasteiger partial charge in [-0.25, -0.2) is 0 Å². The molecule has 2 aromatic carbocycles. The smallest absolute Gasteiger partial charge is 0.0438 e. The van der Waals surface area contributed by atoms with Crippen molar-refractivity contribution in [3.63, 3.8) is 0 Å². The Bertz CT molecular complexity index is 496. The first-order valence-electron chi connectivity index (χ1n) is 6.80. The molecule has 0 saturated heterocycles. The van der Waals surface area contributed by atoms with Crippen molar-refractivity contribution in [1.82, 2.24) is 5.32 Å². The molecule has 0 fully saturated rings. The molecule has 0 spiro atoms. The van der Waals surface area contributed by atoms with Crippen molar-refractivity contribution in [2.75, 3.05) is 6.54 Å². The molecule has 1 nitrogen and oxygen atoms in total. The van der Waals surface area contributed by atoms with Gasteiger partial charge in [-0.2, -0.15) is 0 Å². The highest BCUT2D eigenvalue weighted by molar-refractivity contribution is 6.31. The second kappa shape index (κ2) is 7.32. The van der Waals surface area contributed by atoms with E-state index in [1.165, 1.54) is 11.1 Å². The van der Waals surface area contributed by atoms with Gasteiger partial charge in [0.25, 0.3) is 0 Å². The van der Waals surface area contributed by atoms with E-state index in [1.54, 1.807) is 0 Å². The second-order valence-electron chi connectivity index (χ2n) is 4.74. The average molecular weight is 274 g/mol. The third-order valence-electron chi connectivity index (χ3n) is 3.24. The molecular weight excluding hydrogens is 254 g/mol. The molecule has 0 aliphatic heterocycles. The monoisotopic (exact) mass is 273 g/mol. The molecule has 1 atom stereocenters. The van der Waals surface area contributed by atoms with E-state index in [0.717, 1.165) is 24.4 Å². The van der Waals surface area contributed by atoms with Crippen LogP contribution in [0.4, 0.5) is 0 Å². The maximum Gasteiger partial charge on any atom is 0.0438 e. The standard InChI is InChI=1S/C17H20ClN/c1-2-19-16(12-14-8-4-3-5-9-14)13-15-10-6-7-11-17(15)18/h3-11,16,19H,2,12-13H2,1H3. The minimum absolute atomic E-state index is 0.423. The summed E-state index contributed by atoms with van der Waals surface area (Å²) < 4.78 is 0. The van der Waals surface area contributed by atoms with Gasteiger partial charge in [0.1, 0.15) is 0 Å². The zero-order chi connectivity index (χ0) is 13.5. The van der Waals surface area contributed by atoms with Gasteiger partial charge in [-0.1, -0.05) is 67.1 Å². The fraction of sp³-hybridized carbons (Fsp3) is 0.294. The van der Waals surface area contributed by atoms with Crippen molar-refractivity contribution in [3.8, 4) is 0 Å². The summed E-state index contributed by atoms with van der Waals surface area (Å²) in [5, 5.41) is 4.41. The SMILES string of the molecule is CCNC(Cc1ccccc1)Cc1ccccc1Cl. The van der Waals surface area contributed by atoms with Gasteiger partial charge < -0.3 is 5.32 Å². The summed E-state index contributed by atoms with van der Waals surface area (Å²) in [5.74, 6) is 0. The van der Waals surface area contributed by atoms with Gasteiger partial charge in [-0.15, -0.1) is 0 Å².